The smallest absolute Gasteiger partial charge is 0.245 e. The molecule has 0 bridgehead atoms. The molecule has 2 rings (SSSR count). The predicted octanol–water partition coefficient (Wildman–Crippen LogP) is 3.53. The maximum Gasteiger partial charge on any atom is 0.245 e. The normalized spacial score (nSPS) is 11.5. The summed E-state index contributed by atoms with van der Waals surface area (Å²) in [5.74, 6) is 0.398. The minimum absolute atomic E-state index is 0.0191. The van der Waals surface area contributed by atoms with Crippen LogP contribution in [0.15, 0.2) is 36.4 Å². The number of rotatable bonds is 7. The Labute approximate surface area is 167 Å². The number of nitrogens with one attached hydrogen (secondary N) is 1. The molecule has 0 saturated carbocycles. The van der Waals surface area contributed by atoms with Crippen molar-refractivity contribution in [1.82, 2.24) is 14.7 Å². The fourth-order valence-corrected chi connectivity index (χ4v) is 2.89. The van der Waals surface area contributed by atoms with Crippen LogP contribution in [0.5, 0.6) is 0 Å². The van der Waals surface area contributed by atoms with Crippen LogP contribution in [-0.4, -0.2) is 39.1 Å². The predicted molar refractivity (Wildman–Crippen MR) is 112 cm³/mol. The van der Waals surface area contributed by atoms with Crippen LogP contribution < -0.4 is 5.32 Å². The summed E-state index contributed by atoms with van der Waals surface area (Å²) in [6.07, 6.45) is 1.05. The first-order valence-electron chi connectivity index (χ1n) is 9.75. The molecule has 1 N–H and O–H groups in total. The number of hydrogen-bond acceptors (Lipinski definition) is 3. The molecular formula is C22H32N4O2. The van der Waals surface area contributed by atoms with Gasteiger partial charge in [-0.15, -0.1) is 0 Å². The van der Waals surface area contributed by atoms with Crippen molar-refractivity contribution in [2.45, 2.75) is 58.9 Å². The Bertz CT molecular complexity index is 804. The van der Waals surface area contributed by atoms with E-state index in [9.17, 15) is 9.59 Å². The second kappa shape index (κ2) is 9.04. The SMILES string of the molecule is CC(C)N(CC(=O)Nc1cc(C(C)(C)C)nn1C)C(=O)CCc1ccccc1. The summed E-state index contributed by atoms with van der Waals surface area (Å²) in [5, 5.41) is 7.35. The Hall–Kier alpha value is -2.63. The minimum atomic E-state index is -0.217. The van der Waals surface area contributed by atoms with E-state index in [0.717, 1.165) is 11.3 Å². The van der Waals surface area contributed by atoms with E-state index >= 15 is 0 Å². The van der Waals surface area contributed by atoms with Gasteiger partial charge in [-0.1, -0.05) is 51.1 Å². The average molecular weight is 385 g/mol. The molecule has 6 nitrogen and oxygen atoms in total. The molecule has 1 heterocycles. The number of aryl methyl sites for hydroxylation is 2. The fraction of sp³-hybridized carbons (Fsp3) is 0.500. The minimum Gasteiger partial charge on any atom is -0.331 e. The molecule has 0 spiro atoms. The third kappa shape index (κ3) is 5.94. The first kappa shape index (κ1) is 21.7. The highest BCUT2D eigenvalue weighted by Crippen LogP contribution is 2.23. The molecular weight excluding hydrogens is 352 g/mol. The highest BCUT2D eigenvalue weighted by atomic mass is 16.2. The zero-order valence-electron chi connectivity index (χ0n) is 17.8. The van der Waals surface area contributed by atoms with Crippen LogP contribution in [0, 0.1) is 0 Å². The van der Waals surface area contributed by atoms with Crippen LogP contribution in [0.3, 0.4) is 0 Å². The first-order valence-corrected chi connectivity index (χ1v) is 9.75. The van der Waals surface area contributed by atoms with Crippen molar-refractivity contribution in [3.8, 4) is 0 Å². The summed E-state index contributed by atoms with van der Waals surface area (Å²) >= 11 is 0. The van der Waals surface area contributed by atoms with Gasteiger partial charge < -0.3 is 10.2 Å². The maximum absolute atomic E-state index is 12.7. The van der Waals surface area contributed by atoms with E-state index in [0.29, 0.717) is 18.7 Å². The Kier molecular flexibility index (Phi) is 7.00. The third-order valence-corrected chi connectivity index (χ3v) is 4.64. The highest BCUT2D eigenvalue weighted by Gasteiger charge is 2.22. The molecule has 0 fully saturated rings. The number of aromatic nitrogens is 2. The Morgan fingerprint density at radius 3 is 2.36 bits per heavy atom. The molecule has 6 heteroatoms. The Morgan fingerprint density at radius 1 is 1.18 bits per heavy atom. The van der Waals surface area contributed by atoms with Gasteiger partial charge in [-0.05, 0) is 25.8 Å². The second-order valence-corrected chi connectivity index (χ2v) is 8.44. The van der Waals surface area contributed by atoms with Crippen molar-refractivity contribution in [3.63, 3.8) is 0 Å². The lowest BCUT2D eigenvalue weighted by atomic mass is 9.92. The lowest BCUT2D eigenvalue weighted by molar-refractivity contribution is -0.136. The summed E-state index contributed by atoms with van der Waals surface area (Å²) in [7, 11) is 1.80. The molecule has 1 aromatic heterocycles. The van der Waals surface area contributed by atoms with Crippen molar-refractivity contribution in [3.05, 3.63) is 47.7 Å². The number of hydrogen-bond donors (Lipinski definition) is 1. The first-order chi connectivity index (χ1) is 13.1. The molecule has 0 aliphatic carbocycles. The number of amides is 2. The van der Waals surface area contributed by atoms with Gasteiger partial charge in [0.1, 0.15) is 12.4 Å². The molecule has 0 saturated heterocycles. The lowest BCUT2D eigenvalue weighted by Crippen LogP contribution is -2.42. The van der Waals surface area contributed by atoms with Crippen LogP contribution in [0.2, 0.25) is 0 Å². The molecule has 0 radical (unpaired) electrons. The maximum atomic E-state index is 12.7. The van der Waals surface area contributed by atoms with Gasteiger partial charge >= 0.3 is 0 Å². The number of carbonyl (C=O) groups excluding carboxylic acids is 2. The van der Waals surface area contributed by atoms with Crippen molar-refractivity contribution in [1.29, 1.82) is 0 Å². The van der Waals surface area contributed by atoms with Crippen LogP contribution in [0.4, 0.5) is 5.82 Å². The largest absolute Gasteiger partial charge is 0.331 e. The van der Waals surface area contributed by atoms with Gasteiger partial charge in [0.15, 0.2) is 0 Å². The van der Waals surface area contributed by atoms with Crippen molar-refractivity contribution < 1.29 is 9.59 Å². The second-order valence-electron chi connectivity index (χ2n) is 8.44. The number of benzene rings is 1. The summed E-state index contributed by atoms with van der Waals surface area (Å²) < 4.78 is 1.66. The van der Waals surface area contributed by atoms with E-state index in [1.54, 1.807) is 16.6 Å². The third-order valence-electron chi connectivity index (χ3n) is 4.64. The molecule has 2 aromatic rings. The van der Waals surface area contributed by atoms with Gasteiger partial charge in [0.25, 0.3) is 0 Å². The van der Waals surface area contributed by atoms with Gasteiger partial charge in [0.05, 0.1) is 5.69 Å². The summed E-state index contributed by atoms with van der Waals surface area (Å²) in [6.45, 7) is 10.1. The molecule has 0 atom stereocenters. The number of anilines is 1. The van der Waals surface area contributed by atoms with Crippen LogP contribution in [0.1, 0.15) is 52.3 Å². The topological polar surface area (TPSA) is 67.2 Å². The van der Waals surface area contributed by atoms with Crippen molar-refractivity contribution >= 4 is 17.6 Å². The number of nitrogens with zero attached hydrogens (tertiary/aromatic N) is 3. The Balaban J connectivity index is 1.98. The summed E-state index contributed by atoms with van der Waals surface area (Å²) in [4.78, 5) is 26.9. The van der Waals surface area contributed by atoms with Gasteiger partial charge in [0, 0.05) is 31.0 Å². The molecule has 0 unspecified atom stereocenters. The van der Waals surface area contributed by atoms with E-state index in [4.69, 9.17) is 0 Å². The van der Waals surface area contributed by atoms with E-state index in [2.05, 4.69) is 31.2 Å². The zero-order valence-corrected chi connectivity index (χ0v) is 17.8. The quantitative estimate of drug-likeness (QED) is 0.794. The van der Waals surface area contributed by atoms with Gasteiger partial charge in [0.2, 0.25) is 11.8 Å². The molecule has 1 aromatic carbocycles. The van der Waals surface area contributed by atoms with Crippen LogP contribution in [-0.2, 0) is 28.5 Å². The molecule has 2 amide bonds. The van der Waals surface area contributed by atoms with Crippen LogP contribution >= 0.6 is 0 Å². The van der Waals surface area contributed by atoms with E-state index in [-0.39, 0.29) is 29.8 Å². The molecule has 0 aliphatic heterocycles. The van der Waals surface area contributed by atoms with Gasteiger partial charge in [-0.3, -0.25) is 14.3 Å². The lowest BCUT2D eigenvalue weighted by Gasteiger charge is -2.26. The monoisotopic (exact) mass is 384 g/mol. The zero-order chi connectivity index (χ0) is 20.9. The fourth-order valence-electron chi connectivity index (χ4n) is 2.89. The molecule has 0 aliphatic rings. The summed E-state index contributed by atoms with van der Waals surface area (Å²) in [6, 6.07) is 11.7. The average Bonchev–Trinajstić information content (AvgIpc) is 2.99. The van der Waals surface area contributed by atoms with E-state index in [1.807, 2.05) is 50.2 Å². The standard InChI is InChI=1S/C22H32N4O2/c1-16(2)26(21(28)13-12-17-10-8-7-9-11-17)15-20(27)23-19-14-18(22(3,4)5)24-25(19)6/h7-11,14,16H,12-13,15H2,1-6H3,(H,23,27). The van der Waals surface area contributed by atoms with Gasteiger partial charge in [-0.2, -0.15) is 5.10 Å². The Morgan fingerprint density at radius 2 is 1.82 bits per heavy atom. The molecule has 152 valence electrons. The van der Waals surface area contributed by atoms with Crippen LogP contribution in [0.25, 0.3) is 0 Å². The number of carbonyl (C=O) groups is 2. The van der Waals surface area contributed by atoms with E-state index < -0.39 is 0 Å². The van der Waals surface area contributed by atoms with Gasteiger partial charge in [-0.25, -0.2) is 0 Å². The van der Waals surface area contributed by atoms with Crippen molar-refractivity contribution in [2.75, 3.05) is 11.9 Å². The summed E-state index contributed by atoms with van der Waals surface area (Å²) in [5.41, 5.74) is 1.93. The highest BCUT2D eigenvalue weighted by molar-refractivity contribution is 5.94. The van der Waals surface area contributed by atoms with Crippen molar-refractivity contribution in [2.24, 2.45) is 7.05 Å². The molecule has 28 heavy (non-hydrogen) atoms. The van der Waals surface area contributed by atoms with E-state index in [1.165, 1.54) is 0 Å².